The quantitative estimate of drug-likeness (QED) is 0.677. The Kier molecular flexibility index (Phi) is 3.44. The molecule has 1 N–H and O–H groups in total. The summed E-state index contributed by atoms with van der Waals surface area (Å²) in [4.78, 5) is 14.0. The van der Waals surface area contributed by atoms with E-state index in [1.54, 1.807) is 0 Å². The monoisotopic (exact) mass is 285 g/mol. The van der Waals surface area contributed by atoms with Gasteiger partial charge in [-0.3, -0.25) is 0 Å². The normalized spacial score (nSPS) is 11.4. The van der Waals surface area contributed by atoms with Gasteiger partial charge in [0, 0.05) is 11.8 Å². The number of carboxylic acids is 1. The van der Waals surface area contributed by atoms with E-state index in [1.807, 2.05) is 0 Å². The minimum Gasteiger partial charge on any atom is -0.478 e. The average Bonchev–Trinajstić information content (AvgIpc) is 2.38. The van der Waals surface area contributed by atoms with Crippen LogP contribution in [-0.2, 0) is 6.18 Å². The van der Waals surface area contributed by atoms with Gasteiger partial charge in [0.25, 0.3) is 0 Å². The maximum Gasteiger partial charge on any atom is 0.417 e. The van der Waals surface area contributed by atoms with Crippen molar-refractivity contribution in [2.75, 3.05) is 0 Å². The minimum absolute atomic E-state index is 0.114. The zero-order valence-corrected chi connectivity index (χ0v) is 9.78. The van der Waals surface area contributed by atoms with Crippen LogP contribution in [0.25, 0.3) is 11.1 Å². The van der Waals surface area contributed by atoms with Gasteiger partial charge in [0.15, 0.2) is 0 Å². The number of aromatic carboxylic acids is 1. The third-order valence-electron chi connectivity index (χ3n) is 2.61. The second-order valence-corrected chi connectivity index (χ2v) is 3.91. The van der Waals surface area contributed by atoms with Gasteiger partial charge in [-0.1, -0.05) is 18.2 Å². The number of pyridine rings is 1. The molecule has 1 aromatic heterocycles. The fourth-order valence-electron chi connectivity index (χ4n) is 1.73. The molecule has 1 heterocycles. The molecule has 7 heteroatoms. The molecule has 0 aliphatic carbocycles. The van der Waals surface area contributed by atoms with Crippen LogP contribution < -0.4 is 0 Å². The van der Waals surface area contributed by atoms with Crippen LogP contribution in [0, 0.1) is 5.95 Å². The van der Waals surface area contributed by atoms with Gasteiger partial charge in [0.05, 0.1) is 5.56 Å². The van der Waals surface area contributed by atoms with E-state index in [0.717, 1.165) is 18.3 Å². The van der Waals surface area contributed by atoms with Crippen molar-refractivity contribution in [3.63, 3.8) is 0 Å². The lowest BCUT2D eigenvalue weighted by molar-refractivity contribution is -0.137. The van der Waals surface area contributed by atoms with Crippen molar-refractivity contribution in [3.05, 3.63) is 53.6 Å². The van der Waals surface area contributed by atoms with Crippen molar-refractivity contribution in [2.45, 2.75) is 6.18 Å². The molecule has 0 atom stereocenters. The summed E-state index contributed by atoms with van der Waals surface area (Å²) in [5.41, 5.74) is -2.09. The third-order valence-corrected chi connectivity index (χ3v) is 2.61. The molecule has 0 aliphatic rings. The van der Waals surface area contributed by atoms with Crippen molar-refractivity contribution in [3.8, 4) is 11.1 Å². The van der Waals surface area contributed by atoms with Crippen molar-refractivity contribution in [2.24, 2.45) is 0 Å². The first kappa shape index (κ1) is 14.0. The van der Waals surface area contributed by atoms with Crippen molar-refractivity contribution < 1.29 is 27.5 Å². The van der Waals surface area contributed by atoms with E-state index in [1.165, 1.54) is 18.2 Å². The molecule has 0 unspecified atom stereocenters. The van der Waals surface area contributed by atoms with Gasteiger partial charge >= 0.3 is 12.1 Å². The van der Waals surface area contributed by atoms with Gasteiger partial charge in [-0.25, -0.2) is 9.78 Å². The highest BCUT2D eigenvalue weighted by molar-refractivity contribution is 5.89. The number of carbonyl (C=O) groups is 1. The van der Waals surface area contributed by atoms with E-state index in [4.69, 9.17) is 5.11 Å². The highest BCUT2D eigenvalue weighted by atomic mass is 19.4. The van der Waals surface area contributed by atoms with Gasteiger partial charge in [-0.2, -0.15) is 17.6 Å². The molecule has 0 saturated heterocycles. The molecule has 0 radical (unpaired) electrons. The number of hydrogen-bond donors (Lipinski definition) is 1. The molecule has 0 spiro atoms. The van der Waals surface area contributed by atoms with E-state index < -0.39 is 29.2 Å². The van der Waals surface area contributed by atoms with E-state index >= 15 is 0 Å². The van der Waals surface area contributed by atoms with Gasteiger partial charge in [0.2, 0.25) is 5.95 Å². The first-order valence-electron chi connectivity index (χ1n) is 5.36. The van der Waals surface area contributed by atoms with Gasteiger partial charge in [-0.05, 0) is 17.7 Å². The molecule has 104 valence electrons. The molecule has 0 saturated carbocycles. The van der Waals surface area contributed by atoms with Crippen molar-refractivity contribution in [1.82, 2.24) is 4.98 Å². The Labute approximate surface area is 110 Å². The topological polar surface area (TPSA) is 50.2 Å². The second-order valence-electron chi connectivity index (χ2n) is 3.91. The average molecular weight is 285 g/mol. The molecule has 1 aromatic carbocycles. The van der Waals surface area contributed by atoms with E-state index in [-0.39, 0.29) is 11.1 Å². The minimum atomic E-state index is -4.60. The smallest absolute Gasteiger partial charge is 0.417 e. The number of alkyl halides is 3. The summed E-state index contributed by atoms with van der Waals surface area (Å²) in [5.74, 6) is -2.84. The summed E-state index contributed by atoms with van der Waals surface area (Å²) in [6.45, 7) is 0. The van der Waals surface area contributed by atoms with Crippen LogP contribution in [0.2, 0.25) is 0 Å². The van der Waals surface area contributed by atoms with Crippen molar-refractivity contribution >= 4 is 5.97 Å². The Morgan fingerprint density at radius 2 is 1.85 bits per heavy atom. The zero-order valence-electron chi connectivity index (χ0n) is 9.78. The third kappa shape index (κ3) is 2.61. The molecule has 0 amide bonds. The molecule has 0 aliphatic heterocycles. The summed E-state index contributed by atoms with van der Waals surface area (Å²) < 4.78 is 51.7. The molecule has 3 nitrogen and oxygen atoms in total. The summed E-state index contributed by atoms with van der Waals surface area (Å²) in [6.07, 6.45) is -3.74. The summed E-state index contributed by atoms with van der Waals surface area (Å²) >= 11 is 0. The predicted molar refractivity (Wildman–Crippen MR) is 61.6 cm³/mol. The molecular weight excluding hydrogens is 278 g/mol. The molecule has 0 fully saturated rings. The molecule has 2 rings (SSSR count). The number of nitrogens with zero attached hydrogens (tertiary/aromatic N) is 1. The largest absolute Gasteiger partial charge is 0.478 e. The van der Waals surface area contributed by atoms with Crippen LogP contribution in [0.3, 0.4) is 0 Å². The Morgan fingerprint density at radius 1 is 1.20 bits per heavy atom. The highest BCUT2D eigenvalue weighted by Gasteiger charge is 2.33. The molecule has 2 aromatic rings. The number of benzene rings is 1. The summed E-state index contributed by atoms with van der Waals surface area (Å²) in [5, 5.41) is 8.76. The van der Waals surface area contributed by atoms with E-state index in [2.05, 4.69) is 4.98 Å². The molecular formula is C13H7F4NO2. The Balaban J connectivity index is 2.64. The lowest BCUT2D eigenvalue weighted by atomic mass is 9.99. The van der Waals surface area contributed by atoms with Crippen LogP contribution in [0.15, 0.2) is 36.5 Å². The lowest BCUT2D eigenvalue weighted by Crippen LogP contribution is -2.08. The zero-order chi connectivity index (χ0) is 14.9. The maximum atomic E-state index is 13.2. The standard InChI is InChI=1S/C13H7F4NO2/c14-11-9(12(19)20)5-7(6-18-11)8-3-1-2-4-10(8)13(15,16)17/h1-6H,(H,19,20). The Morgan fingerprint density at radius 3 is 2.45 bits per heavy atom. The Hall–Kier alpha value is -2.44. The Bertz CT molecular complexity index is 668. The number of carboxylic acid groups (broad SMARTS) is 1. The first-order chi connectivity index (χ1) is 9.30. The first-order valence-corrected chi connectivity index (χ1v) is 5.36. The van der Waals surface area contributed by atoms with Crippen LogP contribution in [0.4, 0.5) is 17.6 Å². The highest BCUT2D eigenvalue weighted by Crippen LogP contribution is 2.36. The fourth-order valence-corrected chi connectivity index (χ4v) is 1.73. The van der Waals surface area contributed by atoms with Crippen LogP contribution in [0.5, 0.6) is 0 Å². The van der Waals surface area contributed by atoms with Crippen LogP contribution in [-0.4, -0.2) is 16.1 Å². The summed E-state index contributed by atoms with van der Waals surface area (Å²) in [6, 6.07) is 5.44. The van der Waals surface area contributed by atoms with Crippen LogP contribution in [0.1, 0.15) is 15.9 Å². The van der Waals surface area contributed by atoms with Gasteiger partial charge < -0.3 is 5.11 Å². The van der Waals surface area contributed by atoms with Crippen LogP contribution >= 0.6 is 0 Å². The fraction of sp³-hybridized carbons (Fsp3) is 0.0769. The predicted octanol–water partition coefficient (Wildman–Crippen LogP) is 3.60. The molecule has 20 heavy (non-hydrogen) atoms. The maximum absolute atomic E-state index is 13.2. The van der Waals surface area contributed by atoms with E-state index in [0.29, 0.717) is 0 Å². The number of aromatic nitrogens is 1. The molecule has 0 bridgehead atoms. The van der Waals surface area contributed by atoms with Crippen molar-refractivity contribution in [1.29, 1.82) is 0 Å². The number of rotatable bonds is 2. The van der Waals surface area contributed by atoms with Gasteiger partial charge in [0.1, 0.15) is 5.56 Å². The van der Waals surface area contributed by atoms with E-state index in [9.17, 15) is 22.4 Å². The lowest BCUT2D eigenvalue weighted by Gasteiger charge is -2.12. The SMILES string of the molecule is O=C(O)c1cc(-c2ccccc2C(F)(F)F)cnc1F. The number of halogens is 4. The second kappa shape index (κ2) is 4.92. The number of hydrogen-bond acceptors (Lipinski definition) is 2. The van der Waals surface area contributed by atoms with Gasteiger partial charge in [-0.15, -0.1) is 0 Å². The summed E-state index contributed by atoms with van der Waals surface area (Å²) in [7, 11) is 0.